The SMILES string of the molecule is CCc1ccc(S(=O)(=O)NC2CCC(C(=O)NCc3ccc(F)cc3)CC2)cc1. The van der Waals surface area contributed by atoms with Gasteiger partial charge in [0.1, 0.15) is 5.82 Å². The first-order valence-corrected chi connectivity index (χ1v) is 11.5. The maximum Gasteiger partial charge on any atom is 0.240 e. The van der Waals surface area contributed by atoms with Crippen molar-refractivity contribution in [3.8, 4) is 0 Å². The first-order valence-electron chi connectivity index (χ1n) is 10.0. The zero-order chi connectivity index (χ0) is 20.9. The van der Waals surface area contributed by atoms with Gasteiger partial charge in [-0.25, -0.2) is 17.5 Å². The summed E-state index contributed by atoms with van der Waals surface area (Å²) in [5, 5.41) is 2.89. The Labute approximate surface area is 171 Å². The fourth-order valence-electron chi connectivity index (χ4n) is 3.60. The summed E-state index contributed by atoms with van der Waals surface area (Å²) in [6.45, 7) is 2.38. The zero-order valence-corrected chi connectivity index (χ0v) is 17.3. The predicted molar refractivity (Wildman–Crippen MR) is 110 cm³/mol. The number of amides is 1. The van der Waals surface area contributed by atoms with E-state index >= 15 is 0 Å². The second-order valence-corrected chi connectivity index (χ2v) is 9.23. The minimum absolute atomic E-state index is 0.0363. The largest absolute Gasteiger partial charge is 0.352 e. The quantitative estimate of drug-likeness (QED) is 0.722. The van der Waals surface area contributed by atoms with Gasteiger partial charge in [0.2, 0.25) is 15.9 Å². The molecule has 2 aromatic rings. The van der Waals surface area contributed by atoms with Crippen molar-refractivity contribution >= 4 is 15.9 Å². The van der Waals surface area contributed by atoms with E-state index in [0.717, 1.165) is 17.5 Å². The maximum atomic E-state index is 12.9. The number of carbonyl (C=O) groups is 1. The van der Waals surface area contributed by atoms with Crippen LogP contribution in [-0.2, 0) is 27.8 Å². The third-order valence-corrected chi connectivity index (χ3v) is 6.98. The van der Waals surface area contributed by atoms with Crippen LogP contribution in [0.5, 0.6) is 0 Å². The van der Waals surface area contributed by atoms with Crippen molar-refractivity contribution in [1.82, 2.24) is 10.0 Å². The van der Waals surface area contributed by atoms with Gasteiger partial charge in [0.25, 0.3) is 0 Å². The van der Waals surface area contributed by atoms with Crippen LogP contribution in [0, 0.1) is 11.7 Å². The lowest BCUT2D eigenvalue weighted by molar-refractivity contribution is -0.126. The molecule has 2 N–H and O–H groups in total. The van der Waals surface area contributed by atoms with Crippen molar-refractivity contribution in [2.75, 3.05) is 0 Å². The Kier molecular flexibility index (Phi) is 7.03. The van der Waals surface area contributed by atoms with Gasteiger partial charge < -0.3 is 5.32 Å². The molecule has 0 aromatic heterocycles. The number of hydrogen-bond acceptors (Lipinski definition) is 3. The standard InChI is InChI=1S/C22H27FN2O3S/c1-2-16-5-13-21(14-6-16)29(27,28)25-20-11-7-18(8-12-20)22(26)24-15-17-3-9-19(23)10-4-17/h3-6,9-10,13-14,18,20,25H,2,7-8,11-12,15H2,1H3,(H,24,26). The van der Waals surface area contributed by atoms with Gasteiger partial charge in [0.05, 0.1) is 4.90 Å². The number of rotatable bonds is 7. The number of halogens is 1. The topological polar surface area (TPSA) is 75.3 Å². The monoisotopic (exact) mass is 418 g/mol. The Morgan fingerprint density at radius 2 is 1.55 bits per heavy atom. The number of benzene rings is 2. The minimum atomic E-state index is -3.55. The molecule has 5 nitrogen and oxygen atoms in total. The molecule has 1 saturated carbocycles. The van der Waals surface area contributed by atoms with Crippen LogP contribution in [0.4, 0.5) is 4.39 Å². The van der Waals surface area contributed by atoms with Crippen molar-refractivity contribution in [2.45, 2.75) is 56.5 Å². The maximum absolute atomic E-state index is 12.9. The Morgan fingerprint density at radius 1 is 0.966 bits per heavy atom. The van der Waals surface area contributed by atoms with E-state index in [0.29, 0.717) is 32.2 Å². The van der Waals surface area contributed by atoms with Crippen molar-refractivity contribution in [3.05, 3.63) is 65.5 Å². The van der Waals surface area contributed by atoms with Gasteiger partial charge >= 0.3 is 0 Å². The minimum Gasteiger partial charge on any atom is -0.352 e. The highest BCUT2D eigenvalue weighted by molar-refractivity contribution is 7.89. The van der Waals surface area contributed by atoms with E-state index in [1.807, 2.05) is 19.1 Å². The Balaban J connectivity index is 1.47. The van der Waals surface area contributed by atoms with E-state index in [1.165, 1.54) is 12.1 Å². The average Bonchev–Trinajstić information content (AvgIpc) is 2.73. The summed E-state index contributed by atoms with van der Waals surface area (Å²) in [5.41, 5.74) is 1.94. The van der Waals surface area contributed by atoms with Crippen LogP contribution in [0.15, 0.2) is 53.4 Å². The Morgan fingerprint density at radius 3 is 2.14 bits per heavy atom. The van der Waals surface area contributed by atoms with E-state index in [4.69, 9.17) is 0 Å². The van der Waals surface area contributed by atoms with Crippen LogP contribution in [0.2, 0.25) is 0 Å². The molecule has 29 heavy (non-hydrogen) atoms. The fraction of sp³-hybridized carbons (Fsp3) is 0.409. The molecule has 1 aliphatic rings. The molecular formula is C22H27FN2O3S. The second-order valence-electron chi connectivity index (χ2n) is 7.51. The lowest BCUT2D eigenvalue weighted by Crippen LogP contribution is -2.40. The molecule has 1 fully saturated rings. The molecule has 0 unspecified atom stereocenters. The van der Waals surface area contributed by atoms with Crippen LogP contribution in [-0.4, -0.2) is 20.4 Å². The van der Waals surface area contributed by atoms with Crippen LogP contribution >= 0.6 is 0 Å². The third-order valence-electron chi connectivity index (χ3n) is 5.44. The molecule has 7 heteroatoms. The molecule has 0 atom stereocenters. The van der Waals surface area contributed by atoms with E-state index < -0.39 is 10.0 Å². The molecule has 156 valence electrons. The highest BCUT2D eigenvalue weighted by atomic mass is 32.2. The van der Waals surface area contributed by atoms with Crippen molar-refractivity contribution in [3.63, 3.8) is 0 Å². The second kappa shape index (κ2) is 9.50. The summed E-state index contributed by atoms with van der Waals surface area (Å²) >= 11 is 0. The number of sulfonamides is 1. The predicted octanol–water partition coefficient (Wildman–Crippen LogP) is 3.54. The fourth-order valence-corrected chi connectivity index (χ4v) is 4.91. The summed E-state index contributed by atoms with van der Waals surface area (Å²) in [6, 6.07) is 12.8. The van der Waals surface area contributed by atoms with Crippen molar-refractivity contribution in [2.24, 2.45) is 5.92 Å². The van der Waals surface area contributed by atoms with Gasteiger partial charge in [-0.05, 0) is 67.5 Å². The smallest absolute Gasteiger partial charge is 0.240 e. The van der Waals surface area contributed by atoms with Gasteiger partial charge in [-0.3, -0.25) is 4.79 Å². The van der Waals surface area contributed by atoms with Crippen LogP contribution in [0.25, 0.3) is 0 Å². The van der Waals surface area contributed by atoms with Gasteiger partial charge in [0.15, 0.2) is 0 Å². The van der Waals surface area contributed by atoms with Gasteiger partial charge in [-0.2, -0.15) is 0 Å². The normalized spacial score (nSPS) is 19.7. The summed E-state index contributed by atoms with van der Waals surface area (Å²) in [4.78, 5) is 12.7. The zero-order valence-electron chi connectivity index (χ0n) is 16.5. The molecule has 0 aliphatic heterocycles. The van der Waals surface area contributed by atoms with Gasteiger partial charge in [-0.1, -0.05) is 31.2 Å². The van der Waals surface area contributed by atoms with Crippen LogP contribution in [0.3, 0.4) is 0 Å². The van der Waals surface area contributed by atoms with E-state index in [-0.39, 0.29) is 28.6 Å². The van der Waals surface area contributed by atoms with Crippen LogP contribution in [0.1, 0.15) is 43.7 Å². The van der Waals surface area contributed by atoms with E-state index in [9.17, 15) is 17.6 Å². The van der Waals surface area contributed by atoms with Gasteiger partial charge in [-0.15, -0.1) is 0 Å². The summed E-state index contributed by atoms with van der Waals surface area (Å²) in [7, 11) is -3.55. The Hall–Kier alpha value is -2.25. The van der Waals surface area contributed by atoms with Gasteiger partial charge in [0, 0.05) is 18.5 Å². The third kappa shape index (κ3) is 5.87. The number of aryl methyl sites for hydroxylation is 1. The molecule has 1 amide bonds. The summed E-state index contributed by atoms with van der Waals surface area (Å²) in [5.74, 6) is -0.465. The Bertz CT molecular complexity index is 920. The molecule has 1 aliphatic carbocycles. The van der Waals surface area contributed by atoms with Crippen molar-refractivity contribution in [1.29, 1.82) is 0 Å². The molecule has 2 aromatic carbocycles. The molecule has 0 saturated heterocycles. The molecule has 0 spiro atoms. The summed E-state index contributed by atoms with van der Waals surface area (Å²) < 4.78 is 40.9. The highest BCUT2D eigenvalue weighted by Crippen LogP contribution is 2.26. The van der Waals surface area contributed by atoms with Crippen LogP contribution < -0.4 is 10.0 Å². The molecule has 3 rings (SSSR count). The number of carbonyl (C=O) groups excluding carboxylic acids is 1. The number of hydrogen-bond donors (Lipinski definition) is 2. The molecule has 0 radical (unpaired) electrons. The highest BCUT2D eigenvalue weighted by Gasteiger charge is 2.29. The summed E-state index contributed by atoms with van der Waals surface area (Å²) in [6.07, 6.45) is 3.39. The molecule has 0 heterocycles. The molecular weight excluding hydrogens is 391 g/mol. The first kappa shape index (κ1) is 21.5. The lowest BCUT2D eigenvalue weighted by atomic mass is 9.86. The first-order chi connectivity index (χ1) is 13.9. The average molecular weight is 419 g/mol. The lowest BCUT2D eigenvalue weighted by Gasteiger charge is -2.28. The van der Waals surface area contributed by atoms with E-state index in [2.05, 4.69) is 10.0 Å². The molecule has 0 bridgehead atoms. The van der Waals surface area contributed by atoms with E-state index in [1.54, 1.807) is 24.3 Å². The van der Waals surface area contributed by atoms with Crippen molar-refractivity contribution < 1.29 is 17.6 Å². The number of nitrogens with one attached hydrogen (secondary N) is 2.